The second kappa shape index (κ2) is 5.81. The molecule has 0 aromatic carbocycles. The van der Waals surface area contributed by atoms with E-state index in [1.165, 1.54) is 18.4 Å². The van der Waals surface area contributed by atoms with Gasteiger partial charge in [-0.2, -0.15) is 5.10 Å². The fraction of sp³-hybridized carbons (Fsp3) is 0.444. The molecule has 0 saturated carbocycles. The number of piperidine rings is 2. The molecule has 4 heterocycles. The number of hydrogen-bond donors (Lipinski definition) is 2. The predicted octanol–water partition coefficient (Wildman–Crippen LogP) is 2.31. The largest absolute Gasteiger partial charge is 0.330 e. The van der Waals surface area contributed by atoms with Crippen LogP contribution in [0.15, 0.2) is 36.8 Å². The van der Waals surface area contributed by atoms with Crippen LogP contribution in [-0.4, -0.2) is 28.6 Å². The third-order valence-corrected chi connectivity index (χ3v) is 5.11. The lowest BCUT2D eigenvalue weighted by molar-refractivity contribution is -0.122. The van der Waals surface area contributed by atoms with Crippen LogP contribution >= 0.6 is 0 Å². The summed E-state index contributed by atoms with van der Waals surface area (Å²) >= 11 is 0. The number of hydrogen-bond acceptors (Lipinski definition) is 3. The van der Waals surface area contributed by atoms with Gasteiger partial charge in [-0.25, -0.2) is 4.52 Å². The predicted molar refractivity (Wildman–Crippen MR) is 89.3 cm³/mol. The van der Waals surface area contributed by atoms with Crippen molar-refractivity contribution >= 4 is 11.4 Å². The highest BCUT2D eigenvalue weighted by molar-refractivity contribution is 5.88. The Labute approximate surface area is 135 Å². The zero-order valence-corrected chi connectivity index (χ0v) is 13.2. The minimum absolute atomic E-state index is 0.0404. The molecule has 0 spiro atoms. The smallest absolute Gasteiger partial charge is 0.231 e. The quantitative estimate of drug-likeness (QED) is 0.895. The molecule has 23 heavy (non-hydrogen) atoms. The summed E-state index contributed by atoms with van der Waals surface area (Å²) in [6.45, 7) is 6.01. The Morgan fingerprint density at radius 3 is 2.83 bits per heavy atom. The summed E-state index contributed by atoms with van der Waals surface area (Å²) in [4.78, 5) is 12.2. The number of nitrogens with one attached hydrogen (secondary N) is 2. The van der Waals surface area contributed by atoms with Gasteiger partial charge in [-0.05, 0) is 56.3 Å². The molecule has 2 aromatic rings. The van der Waals surface area contributed by atoms with Crippen molar-refractivity contribution in [2.45, 2.75) is 37.5 Å². The molecule has 1 amide bonds. The van der Waals surface area contributed by atoms with Crippen LogP contribution in [0.2, 0.25) is 0 Å². The Balaban J connectivity index is 1.65. The number of aromatic nitrogens is 2. The zero-order valence-electron chi connectivity index (χ0n) is 13.2. The normalized spacial score (nSPS) is 23.2. The van der Waals surface area contributed by atoms with E-state index >= 15 is 0 Å². The number of amides is 1. The Morgan fingerprint density at radius 1 is 1.22 bits per heavy atom. The third-order valence-electron chi connectivity index (χ3n) is 5.11. The molecule has 5 heteroatoms. The van der Waals surface area contributed by atoms with Crippen LogP contribution in [0.4, 0.5) is 0 Å². The van der Waals surface area contributed by atoms with Crippen molar-refractivity contribution in [3.8, 4) is 0 Å². The molecule has 0 aliphatic carbocycles. The Bertz CT molecular complexity index is 757. The minimum atomic E-state index is -0.122. The first-order valence-electron chi connectivity index (χ1n) is 8.39. The Kier molecular flexibility index (Phi) is 3.65. The van der Waals surface area contributed by atoms with E-state index in [0.717, 1.165) is 42.7 Å². The van der Waals surface area contributed by atoms with E-state index in [0.29, 0.717) is 5.92 Å². The van der Waals surface area contributed by atoms with Crippen molar-refractivity contribution < 1.29 is 4.79 Å². The first kappa shape index (κ1) is 14.5. The van der Waals surface area contributed by atoms with E-state index in [2.05, 4.69) is 40.6 Å². The molecule has 2 N–H and O–H groups in total. The van der Waals surface area contributed by atoms with Crippen LogP contribution in [0, 0.1) is 0 Å². The van der Waals surface area contributed by atoms with E-state index in [4.69, 9.17) is 0 Å². The first-order chi connectivity index (χ1) is 11.2. The van der Waals surface area contributed by atoms with E-state index in [1.807, 2.05) is 10.7 Å². The summed E-state index contributed by atoms with van der Waals surface area (Å²) in [5.41, 5.74) is 4.22. The highest BCUT2D eigenvalue weighted by atomic mass is 16.2. The van der Waals surface area contributed by atoms with Crippen LogP contribution in [-0.2, 0) is 4.79 Å². The fourth-order valence-corrected chi connectivity index (χ4v) is 3.76. The number of pyridine rings is 1. The molecule has 4 rings (SSSR count). The lowest BCUT2D eigenvalue weighted by Crippen LogP contribution is -2.33. The van der Waals surface area contributed by atoms with Crippen molar-refractivity contribution in [1.82, 2.24) is 20.2 Å². The molecule has 1 unspecified atom stereocenters. The van der Waals surface area contributed by atoms with Gasteiger partial charge in [0.2, 0.25) is 5.91 Å². The van der Waals surface area contributed by atoms with Crippen molar-refractivity contribution in [2.75, 3.05) is 13.1 Å². The van der Waals surface area contributed by atoms with Gasteiger partial charge in [0.15, 0.2) is 0 Å². The average Bonchev–Trinajstić information content (AvgIpc) is 2.99. The van der Waals surface area contributed by atoms with Gasteiger partial charge in [0, 0.05) is 17.5 Å². The zero-order chi connectivity index (χ0) is 15.8. The molecule has 0 bridgehead atoms. The van der Waals surface area contributed by atoms with Crippen LogP contribution < -0.4 is 10.6 Å². The second-order valence-corrected chi connectivity index (χ2v) is 6.60. The number of nitrogens with zero attached hydrogens (tertiary/aromatic N) is 2. The monoisotopic (exact) mass is 310 g/mol. The van der Waals surface area contributed by atoms with E-state index in [1.54, 1.807) is 0 Å². The molecule has 2 aliphatic heterocycles. The summed E-state index contributed by atoms with van der Waals surface area (Å²) in [5, 5.41) is 10.8. The topological polar surface area (TPSA) is 58.4 Å². The van der Waals surface area contributed by atoms with Crippen molar-refractivity contribution in [2.24, 2.45) is 0 Å². The number of allylic oxidation sites excluding steroid dienone is 1. The molecule has 2 aromatic heterocycles. The molecule has 120 valence electrons. The van der Waals surface area contributed by atoms with Crippen LogP contribution in [0.3, 0.4) is 0 Å². The lowest BCUT2D eigenvalue weighted by atomic mass is 9.89. The molecule has 2 fully saturated rings. The molecule has 1 atom stereocenters. The third kappa shape index (κ3) is 2.65. The molecular formula is C18H22N4O. The van der Waals surface area contributed by atoms with Crippen molar-refractivity contribution in [3.63, 3.8) is 0 Å². The number of rotatable bonds is 2. The van der Waals surface area contributed by atoms with Gasteiger partial charge < -0.3 is 10.6 Å². The molecule has 2 saturated heterocycles. The van der Waals surface area contributed by atoms with E-state index < -0.39 is 0 Å². The molecule has 2 aliphatic rings. The Morgan fingerprint density at radius 2 is 2.04 bits per heavy atom. The SMILES string of the molecule is C=C1CCC(c2cnn3cc(C4CCNCC4)ccc23)C(=O)N1. The number of fused-ring (bicyclic) bond motifs is 1. The first-order valence-corrected chi connectivity index (χ1v) is 8.39. The highest BCUT2D eigenvalue weighted by Gasteiger charge is 2.28. The maximum atomic E-state index is 12.2. The average molecular weight is 310 g/mol. The standard InChI is InChI=1S/C18H22N4O/c1-12-2-4-15(18(23)21-12)16-10-20-22-11-14(3-5-17(16)22)13-6-8-19-9-7-13/h3,5,10-11,13,15,19H,1-2,4,6-9H2,(H,21,23). The summed E-state index contributed by atoms with van der Waals surface area (Å²) in [5.74, 6) is 0.524. The van der Waals surface area contributed by atoms with Crippen LogP contribution in [0.25, 0.3) is 5.52 Å². The second-order valence-electron chi connectivity index (χ2n) is 6.60. The molecule has 0 radical (unpaired) electrons. The van der Waals surface area contributed by atoms with Gasteiger partial charge in [0.05, 0.1) is 17.6 Å². The van der Waals surface area contributed by atoms with Crippen LogP contribution in [0.5, 0.6) is 0 Å². The molecular weight excluding hydrogens is 288 g/mol. The minimum Gasteiger partial charge on any atom is -0.330 e. The van der Waals surface area contributed by atoms with Gasteiger partial charge in [0.25, 0.3) is 0 Å². The van der Waals surface area contributed by atoms with Gasteiger partial charge in [0.1, 0.15) is 0 Å². The van der Waals surface area contributed by atoms with Gasteiger partial charge >= 0.3 is 0 Å². The summed E-state index contributed by atoms with van der Waals surface area (Å²) < 4.78 is 1.93. The maximum absolute atomic E-state index is 12.2. The van der Waals surface area contributed by atoms with E-state index in [9.17, 15) is 4.79 Å². The Hall–Kier alpha value is -2.14. The lowest BCUT2D eigenvalue weighted by Gasteiger charge is -2.24. The summed E-state index contributed by atoms with van der Waals surface area (Å²) in [6.07, 6.45) is 7.97. The van der Waals surface area contributed by atoms with Crippen LogP contribution in [0.1, 0.15) is 48.6 Å². The summed E-state index contributed by atoms with van der Waals surface area (Å²) in [6, 6.07) is 4.33. The van der Waals surface area contributed by atoms with Gasteiger partial charge in [-0.3, -0.25) is 4.79 Å². The fourth-order valence-electron chi connectivity index (χ4n) is 3.76. The maximum Gasteiger partial charge on any atom is 0.231 e. The van der Waals surface area contributed by atoms with E-state index in [-0.39, 0.29) is 11.8 Å². The molecule has 5 nitrogen and oxygen atoms in total. The number of carbonyl (C=O) groups excluding carboxylic acids is 1. The van der Waals surface area contributed by atoms with Gasteiger partial charge in [-0.15, -0.1) is 0 Å². The van der Waals surface area contributed by atoms with Crippen molar-refractivity contribution in [1.29, 1.82) is 0 Å². The number of carbonyl (C=O) groups is 1. The highest BCUT2D eigenvalue weighted by Crippen LogP contribution is 2.31. The van der Waals surface area contributed by atoms with Crippen molar-refractivity contribution in [3.05, 3.63) is 47.9 Å². The summed E-state index contributed by atoms with van der Waals surface area (Å²) in [7, 11) is 0. The van der Waals surface area contributed by atoms with Gasteiger partial charge in [-0.1, -0.05) is 12.6 Å².